The van der Waals surface area contributed by atoms with Gasteiger partial charge in [0.2, 0.25) is 5.91 Å². The fourth-order valence-electron chi connectivity index (χ4n) is 1.37. The fraction of sp³-hybridized carbons (Fsp3) is 0.333. The standard InChI is InChI=1S/C12H14ClNO4S/c13-9-3-1-4-10(7-9)14-11(15)8-19(18)6-2-5-12(16)17/h1,3-4,7H,2,5-6,8H2,(H,14,15)(H,16,17). The van der Waals surface area contributed by atoms with Crippen molar-refractivity contribution >= 4 is 40.0 Å². The molecule has 1 aromatic rings. The molecule has 0 fully saturated rings. The predicted molar refractivity (Wildman–Crippen MR) is 74.8 cm³/mol. The maximum Gasteiger partial charge on any atom is 0.303 e. The summed E-state index contributed by atoms with van der Waals surface area (Å²) in [5, 5.41) is 11.5. The van der Waals surface area contributed by atoms with Crippen molar-refractivity contribution in [3.63, 3.8) is 0 Å². The summed E-state index contributed by atoms with van der Waals surface area (Å²) in [6, 6.07) is 6.65. The molecule has 0 spiro atoms. The second-order valence-electron chi connectivity index (χ2n) is 3.84. The van der Waals surface area contributed by atoms with Crippen molar-refractivity contribution in [3.8, 4) is 0 Å². The lowest BCUT2D eigenvalue weighted by atomic mass is 10.3. The molecular formula is C12H14ClNO4S. The molecule has 7 heteroatoms. The Kier molecular flexibility index (Phi) is 6.52. The molecule has 0 saturated heterocycles. The zero-order chi connectivity index (χ0) is 14.3. The Morgan fingerprint density at radius 3 is 2.74 bits per heavy atom. The molecule has 0 heterocycles. The van der Waals surface area contributed by atoms with Gasteiger partial charge in [-0.25, -0.2) is 0 Å². The molecule has 0 aromatic heterocycles. The van der Waals surface area contributed by atoms with Crippen LogP contribution in [0.1, 0.15) is 12.8 Å². The average molecular weight is 304 g/mol. The molecule has 2 N–H and O–H groups in total. The zero-order valence-corrected chi connectivity index (χ0v) is 11.7. The lowest BCUT2D eigenvalue weighted by molar-refractivity contribution is -0.137. The monoisotopic (exact) mass is 303 g/mol. The maximum absolute atomic E-state index is 11.6. The highest BCUT2D eigenvalue weighted by atomic mass is 35.5. The van der Waals surface area contributed by atoms with Gasteiger partial charge in [0.1, 0.15) is 5.75 Å². The van der Waals surface area contributed by atoms with Crippen LogP contribution in [0.25, 0.3) is 0 Å². The first-order valence-electron chi connectivity index (χ1n) is 5.59. The number of amides is 1. The summed E-state index contributed by atoms with van der Waals surface area (Å²) >= 11 is 5.77. The molecule has 1 unspecified atom stereocenters. The Morgan fingerprint density at radius 1 is 1.37 bits per heavy atom. The van der Waals surface area contributed by atoms with Crippen LogP contribution in [0.5, 0.6) is 0 Å². The lowest BCUT2D eigenvalue weighted by Crippen LogP contribution is -2.21. The number of rotatable bonds is 7. The van der Waals surface area contributed by atoms with Gasteiger partial charge in [-0.15, -0.1) is 0 Å². The summed E-state index contributed by atoms with van der Waals surface area (Å²) in [5.74, 6) is -1.25. The Labute approximate surface area is 118 Å². The van der Waals surface area contributed by atoms with E-state index in [-0.39, 0.29) is 23.8 Å². The molecule has 5 nitrogen and oxygen atoms in total. The summed E-state index contributed by atoms with van der Waals surface area (Å²) < 4.78 is 11.5. The molecule has 1 atom stereocenters. The van der Waals surface area contributed by atoms with Crippen molar-refractivity contribution in [3.05, 3.63) is 29.3 Å². The van der Waals surface area contributed by atoms with E-state index in [0.717, 1.165) is 0 Å². The smallest absolute Gasteiger partial charge is 0.303 e. The van der Waals surface area contributed by atoms with Crippen LogP contribution in [-0.2, 0) is 20.4 Å². The molecule has 0 saturated carbocycles. The van der Waals surface area contributed by atoms with Crippen LogP contribution in [0.2, 0.25) is 5.02 Å². The fourth-order valence-corrected chi connectivity index (χ4v) is 2.53. The summed E-state index contributed by atoms with van der Waals surface area (Å²) in [6.07, 6.45) is 0.258. The minimum atomic E-state index is -1.35. The molecule has 104 valence electrons. The van der Waals surface area contributed by atoms with Crippen LogP contribution < -0.4 is 5.32 Å². The third-order valence-corrected chi connectivity index (χ3v) is 3.73. The highest BCUT2D eigenvalue weighted by Gasteiger charge is 2.09. The van der Waals surface area contributed by atoms with E-state index in [9.17, 15) is 13.8 Å². The van der Waals surface area contributed by atoms with Crippen LogP contribution in [-0.4, -0.2) is 32.7 Å². The van der Waals surface area contributed by atoms with Crippen LogP contribution in [0, 0.1) is 0 Å². The van der Waals surface area contributed by atoms with E-state index in [1.807, 2.05) is 0 Å². The average Bonchev–Trinajstić information content (AvgIpc) is 2.27. The number of anilines is 1. The van der Waals surface area contributed by atoms with E-state index in [4.69, 9.17) is 16.7 Å². The third kappa shape index (κ3) is 6.93. The summed E-state index contributed by atoms with van der Waals surface area (Å²) in [6.45, 7) is 0. The minimum absolute atomic E-state index is 0.0400. The predicted octanol–water partition coefficient (Wildman–Crippen LogP) is 1.89. The lowest BCUT2D eigenvalue weighted by Gasteiger charge is -2.05. The Morgan fingerprint density at radius 2 is 2.11 bits per heavy atom. The summed E-state index contributed by atoms with van der Waals surface area (Å²) in [7, 11) is -1.35. The van der Waals surface area contributed by atoms with E-state index >= 15 is 0 Å². The number of carboxylic acid groups (broad SMARTS) is 1. The number of carbonyl (C=O) groups is 2. The molecule has 1 rings (SSSR count). The van der Waals surface area contributed by atoms with Gasteiger partial charge in [-0.1, -0.05) is 17.7 Å². The van der Waals surface area contributed by atoms with Gasteiger partial charge in [-0.05, 0) is 24.6 Å². The topological polar surface area (TPSA) is 83.5 Å². The van der Waals surface area contributed by atoms with E-state index in [1.54, 1.807) is 24.3 Å². The van der Waals surface area contributed by atoms with Crippen LogP contribution in [0.3, 0.4) is 0 Å². The number of aliphatic carboxylic acids is 1. The van der Waals surface area contributed by atoms with Gasteiger partial charge in [0.05, 0.1) is 0 Å². The molecular weight excluding hydrogens is 290 g/mol. The van der Waals surface area contributed by atoms with Crippen LogP contribution >= 0.6 is 11.6 Å². The van der Waals surface area contributed by atoms with Gasteiger partial charge in [-0.3, -0.25) is 13.8 Å². The molecule has 0 radical (unpaired) electrons. The highest BCUT2D eigenvalue weighted by molar-refractivity contribution is 7.85. The normalized spacial score (nSPS) is 11.8. The SMILES string of the molecule is O=C(O)CCCS(=O)CC(=O)Nc1cccc(Cl)c1. The third-order valence-electron chi connectivity index (χ3n) is 2.16. The molecule has 0 aliphatic heterocycles. The molecule has 1 amide bonds. The van der Waals surface area contributed by atoms with Gasteiger partial charge < -0.3 is 10.4 Å². The van der Waals surface area contributed by atoms with Gasteiger partial charge in [0.15, 0.2) is 0 Å². The van der Waals surface area contributed by atoms with Crippen molar-refractivity contribution in [2.24, 2.45) is 0 Å². The quantitative estimate of drug-likeness (QED) is 0.806. The van der Waals surface area contributed by atoms with Gasteiger partial charge >= 0.3 is 5.97 Å². The zero-order valence-electron chi connectivity index (χ0n) is 10.1. The first kappa shape index (κ1) is 15.7. The van der Waals surface area contributed by atoms with Crippen LogP contribution in [0.4, 0.5) is 5.69 Å². The van der Waals surface area contributed by atoms with Crippen molar-refractivity contribution in [1.29, 1.82) is 0 Å². The first-order valence-corrected chi connectivity index (χ1v) is 7.46. The first-order chi connectivity index (χ1) is 8.97. The Balaban J connectivity index is 2.34. The second-order valence-corrected chi connectivity index (χ2v) is 5.86. The van der Waals surface area contributed by atoms with Gasteiger partial charge in [-0.2, -0.15) is 0 Å². The molecule has 1 aromatic carbocycles. The number of carbonyl (C=O) groups excluding carboxylic acids is 1. The molecule has 0 aliphatic carbocycles. The summed E-state index contributed by atoms with van der Waals surface area (Å²) in [4.78, 5) is 21.9. The minimum Gasteiger partial charge on any atom is -0.481 e. The van der Waals surface area contributed by atoms with E-state index in [1.165, 1.54) is 0 Å². The number of nitrogens with one attached hydrogen (secondary N) is 1. The summed E-state index contributed by atoms with van der Waals surface area (Å²) in [5.41, 5.74) is 0.542. The van der Waals surface area contributed by atoms with Crippen molar-refractivity contribution in [1.82, 2.24) is 0 Å². The number of benzene rings is 1. The Bertz CT molecular complexity index is 492. The Hall–Kier alpha value is -1.40. The number of carboxylic acids is 1. The molecule has 0 aliphatic rings. The number of hydrogen-bond acceptors (Lipinski definition) is 3. The maximum atomic E-state index is 11.6. The van der Waals surface area contributed by atoms with Crippen molar-refractivity contribution in [2.75, 3.05) is 16.8 Å². The highest BCUT2D eigenvalue weighted by Crippen LogP contribution is 2.14. The van der Waals surface area contributed by atoms with E-state index in [2.05, 4.69) is 5.32 Å². The number of hydrogen-bond donors (Lipinski definition) is 2. The second kappa shape index (κ2) is 7.91. The largest absolute Gasteiger partial charge is 0.481 e. The van der Waals surface area contributed by atoms with E-state index in [0.29, 0.717) is 17.1 Å². The van der Waals surface area contributed by atoms with E-state index < -0.39 is 16.8 Å². The molecule has 0 bridgehead atoms. The van der Waals surface area contributed by atoms with Crippen molar-refractivity contribution < 1.29 is 18.9 Å². The molecule has 19 heavy (non-hydrogen) atoms. The van der Waals surface area contributed by atoms with Crippen LogP contribution in [0.15, 0.2) is 24.3 Å². The van der Waals surface area contributed by atoms with Gasteiger partial charge in [0, 0.05) is 33.7 Å². The van der Waals surface area contributed by atoms with Gasteiger partial charge in [0.25, 0.3) is 0 Å². The number of halogens is 1. The van der Waals surface area contributed by atoms with Crippen molar-refractivity contribution in [2.45, 2.75) is 12.8 Å².